The van der Waals surface area contributed by atoms with Gasteiger partial charge in [-0.15, -0.1) is 0 Å². The highest BCUT2D eigenvalue weighted by Gasteiger charge is 2.35. The summed E-state index contributed by atoms with van der Waals surface area (Å²) in [5, 5.41) is 12.1. The molecule has 2 heterocycles. The molecule has 1 aromatic rings. The van der Waals surface area contributed by atoms with E-state index < -0.39 is 5.91 Å². The molecule has 5 heteroatoms. The highest BCUT2D eigenvalue weighted by atomic mass is 16.5. The first-order chi connectivity index (χ1) is 11.2. The van der Waals surface area contributed by atoms with Crippen molar-refractivity contribution in [1.82, 2.24) is 10.8 Å². The van der Waals surface area contributed by atoms with E-state index in [2.05, 4.69) is 16.3 Å². The topological polar surface area (TPSA) is 64.6 Å². The van der Waals surface area contributed by atoms with E-state index in [-0.39, 0.29) is 0 Å². The minimum atomic E-state index is -0.507. The number of amides is 1. The number of hydrogen-bond acceptors (Lipinski definition) is 4. The maximum absolute atomic E-state index is 11.2. The van der Waals surface area contributed by atoms with E-state index in [1.165, 1.54) is 37.4 Å². The second kappa shape index (κ2) is 7.15. The molecule has 1 spiro atoms. The number of benzene rings is 1. The molecule has 23 heavy (non-hydrogen) atoms. The fourth-order valence-electron chi connectivity index (χ4n) is 3.80. The maximum Gasteiger partial charge on any atom is 0.267 e. The average molecular weight is 315 g/mol. The van der Waals surface area contributed by atoms with Crippen molar-refractivity contribution in [1.29, 1.82) is 0 Å². The fraction of sp³-hybridized carbons (Fsp3) is 0.500. The Bertz CT molecular complexity index is 569. The van der Waals surface area contributed by atoms with Crippen LogP contribution in [0.5, 0.6) is 0 Å². The van der Waals surface area contributed by atoms with E-state index in [4.69, 9.17) is 5.21 Å². The van der Waals surface area contributed by atoms with Gasteiger partial charge in [0.2, 0.25) is 0 Å². The number of hydrogen-bond donors (Lipinski definition) is 3. The highest BCUT2D eigenvalue weighted by molar-refractivity contribution is 5.91. The SMILES string of the molecule is O=C(/C=C/c1ccccc1N1CCC2(CCNCC2)CC1)NO. The normalized spacial score (nSPS) is 20.8. The van der Waals surface area contributed by atoms with Gasteiger partial charge < -0.3 is 10.2 Å². The second-order valence-corrected chi connectivity index (χ2v) is 6.61. The van der Waals surface area contributed by atoms with Crippen molar-refractivity contribution in [3.05, 3.63) is 35.9 Å². The van der Waals surface area contributed by atoms with Crippen LogP contribution in [0.25, 0.3) is 6.08 Å². The Hall–Kier alpha value is -1.85. The number of piperidine rings is 2. The van der Waals surface area contributed by atoms with Gasteiger partial charge in [0.25, 0.3) is 5.91 Å². The quantitative estimate of drug-likeness (QED) is 0.454. The van der Waals surface area contributed by atoms with Gasteiger partial charge in [-0.25, -0.2) is 5.48 Å². The summed E-state index contributed by atoms with van der Waals surface area (Å²) in [7, 11) is 0. The third-order valence-corrected chi connectivity index (χ3v) is 5.29. The number of carbonyl (C=O) groups is 1. The minimum Gasteiger partial charge on any atom is -0.371 e. The predicted octanol–water partition coefficient (Wildman–Crippen LogP) is 2.18. The summed E-state index contributed by atoms with van der Waals surface area (Å²) in [6.45, 7) is 4.43. The van der Waals surface area contributed by atoms with Crippen LogP contribution >= 0.6 is 0 Å². The molecule has 0 aliphatic carbocycles. The molecule has 0 bridgehead atoms. The molecular formula is C18H25N3O2. The summed E-state index contributed by atoms with van der Waals surface area (Å²) >= 11 is 0. The zero-order chi connectivity index (χ0) is 16.1. The van der Waals surface area contributed by atoms with Crippen molar-refractivity contribution < 1.29 is 10.0 Å². The molecular weight excluding hydrogens is 290 g/mol. The summed E-state index contributed by atoms with van der Waals surface area (Å²) in [6.07, 6.45) is 8.18. The van der Waals surface area contributed by atoms with Crippen molar-refractivity contribution in [3.8, 4) is 0 Å². The number of para-hydroxylation sites is 1. The van der Waals surface area contributed by atoms with Gasteiger partial charge in [0.1, 0.15) is 0 Å². The molecule has 2 aliphatic rings. The highest BCUT2D eigenvalue weighted by Crippen LogP contribution is 2.41. The van der Waals surface area contributed by atoms with E-state index in [1.54, 1.807) is 11.6 Å². The van der Waals surface area contributed by atoms with E-state index >= 15 is 0 Å². The smallest absolute Gasteiger partial charge is 0.267 e. The van der Waals surface area contributed by atoms with Crippen LogP contribution in [0.4, 0.5) is 5.69 Å². The molecule has 2 saturated heterocycles. The monoisotopic (exact) mass is 315 g/mol. The molecule has 0 aromatic heterocycles. The lowest BCUT2D eigenvalue weighted by Gasteiger charge is -2.45. The molecule has 0 unspecified atom stereocenters. The third-order valence-electron chi connectivity index (χ3n) is 5.29. The van der Waals surface area contributed by atoms with Crippen molar-refractivity contribution in [2.45, 2.75) is 25.7 Å². The zero-order valence-electron chi connectivity index (χ0n) is 13.4. The number of nitrogens with one attached hydrogen (secondary N) is 2. The van der Waals surface area contributed by atoms with Crippen molar-refractivity contribution in [3.63, 3.8) is 0 Å². The average Bonchev–Trinajstić information content (AvgIpc) is 2.61. The lowest BCUT2D eigenvalue weighted by Crippen LogP contribution is -2.45. The van der Waals surface area contributed by atoms with Gasteiger partial charge in [0.05, 0.1) is 0 Å². The van der Waals surface area contributed by atoms with Gasteiger partial charge in [-0.3, -0.25) is 10.0 Å². The third kappa shape index (κ3) is 3.74. The predicted molar refractivity (Wildman–Crippen MR) is 91.4 cm³/mol. The van der Waals surface area contributed by atoms with E-state index in [1.807, 2.05) is 18.2 Å². The Morgan fingerprint density at radius 2 is 1.87 bits per heavy atom. The van der Waals surface area contributed by atoms with Crippen LogP contribution in [0.1, 0.15) is 31.2 Å². The van der Waals surface area contributed by atoms with Gasteiger partial charge in [-0.2, -0.15) is 0 Å². The van der Waals surface area contributed by atoms with Crippen LogP contribution in [-0.4, -0.2) is 37.3 Å². The molecule has 0 radical (unpaired) electrons. The number of nitrogens with zero attached hydrogens (tertiary/aromatic N) is 1. The Kier molecular flexibility index (Phi) is 4.98. The molecule has 0 atom stereocenters. The number of anilines is 1. The molecule has 3 N–H and O–H groups in total. The number of rotatable bonds is 3. The second-order valence-electron chi connectivity index (χ2n) is 6.61. The largest absolute Gasteiger partial charge is 0.371 e. The van der Waals surface area contributed by atoms with Gasteiger partial charge in [-0.05, 0) is 61.9 Å². The molecule has 3 rings (SSSR count). The van der Waals surface area contributed by atoms with Crippen molar-refractivity contribution >= 4 is 17.7 Å². The maximum atomic E-state index is 11.2. The molecule has 2 aliphatic heterocycles. The van der Waals surface area contributed by atoms with E-state index in [9.17, 15) is 4.79 Å². The fourth-order valence-corrected chi connectivity index (χ4v) is 3.80. The Balaban J connectivity index is 1.70. The van der Waals surface area contributed by atoms with Crippen LogP contribution in [0.3, 0.4) is 0 Å². The van der Waals surface area contributed by atoms with Crippen LogP contribution in [0.15, 0.2) is 30.3 Å². The lowest BCUT2D eigenvalue weighted by molar-refractivity contribution is -0.124. The van der Waals surface area contributed by atoms with Crippen LogP contribution < -0.4 is 15.7 Å². The lowest BCUT2D eigenvalue weighted by atomic mass is 9.71. The molecule has 1 amide bonds. The molecule has 2 fully saturated rings. The van der Waals surface area contributed by atoms with Gasteiger partial charge in [-0.1, -0.05) is 18.2 Å². The van der Waals surface area contributed by atoms with E-state index in [0.29, 0.717) is 5.41 Å². The minimum absolute atomic E-state index is 0.507. The number of hydroxylamine groups is 1. The summed E-state index contributed by atoms with van der Waals surface area (Å²) in [5.74, 6) is -0.507. The first-order valence-electron chi connectivity index (χ1n) is 8.39. The summed E-state index contributed by atoms with van der Waals surface area (Å²) < 4.78 is 0. The summed E-state index contributed by atoms with van der Waals surface area (Å²) in [4.78, 5) is 13.6. The van der Waals surface area contributed by atoms with Crippen LogP contribution in [-0.2, 0) is 4.79 Å². The molecule has 1 aromatic carbocycles. The Morgan fingerprint density at radius 1 is 1.17 bits per heavy atom. The molecule has 124 valence electrons. The summed E-state index contributed by atoms with van der Waals surface area (Å²) in [5.41, 5.74) is 4.34. The first kappa shape index (κ1) is 16.0. The molecule has 5 nitrogen and oxygen atoms in total. The van der Waals surface area contributed by atoms with Crippen molar-refractivity contribution in [2.75, 3.05) is 31.1 Å². The Morgan fingerprint density at radius 3 is 2.57 bits per heavy atom. The van der Waals surface area contributed by atoms with Gasteiger partial charge in [0, 0.05) is 24.9 Å². The zero-order valence-corrected chi connectivity index (χ0v) is 13.4. The van der Waals surface area contributed by atoms with E-state index in [0.717, 1.165) is 31.7 Å². The van der Waals surface area contributed by atoms with Gasteiger partial charge >= 0.3 is 0 Å². The summed E-state index contributed by atoms with van der Waals surface area (Å²) in [6, 6.07) is 8.12. The number of carbonyl (C=O) groups excluding carboxylic acids is 1. The van der Waals surface area contributed by atoms with Gasteiger partial charge in [0.15, 0.2) is 0 Å². The Labute approximate surface area is 137 Å². The van der Waals surface area contributed by atoms with Crippen LogP contribution in [0, 0.1) is 5.41 Å². The standard InChI is InChI=1S/C18H25N3O2/c22-17(20-23)6-5-15-3-1-2-4-16(15)21-13-9-18(10-14-21)7-11-19-12-8-18/h1-6,19,23H,7-14H2,(H,20,22)/b6-5+. The van der Waals surface area contributed by atoms with Crippen molar-refractivity contribution in [2.24, 2.45) is 5.41 Å². The first-order valence-corrected chi connectivity index (χ1v) is 8.39. The molecule has 0 saturated carbocycles. The van der Waals surface area contributed by atoms with Crippen LogP contribution in [0.2, 0.25) is 0 Å².